The fourth-order valence-electron chi connectivity index (χ4n) is 2.43. The van der Waals surface area contributed by atoms with Crippen LogP contribution in [0.25, 0.3) is 6.08 Å². The minimum atomic E-state index is -1.16. The van der Waals surface area contributed by atoms with Gasteiger partial charge in [0.1, 0.15) is 17.1 Å². The van der Waals surface area contributed by atoms with E-state index in [1.807, 2.05) is 0 Å². The van der Waals surface area contributed by atoms with Crippen molar-refractivity contribution >= 4 is 51.9 Å². The monoisotopic (exact) mass is 447 g/mol. The Morgan fingerprint density at radius 1 is 1.37 bits per heavy atom. The lowest BCUT2D eigenvalue weighted by atomic mass is 10.2. The summed E-state index contributed by atoms with van der Waals surface area (Å²) in [4.78, 5) is 38.6. The molecule has 0 saturated carbocycles. The van der Waals surface area contributed by atoms with Crippen molar-refractivity contribution in [2.24, 2.45) is 0 Å². The number of nitro groups is 1. The van der Waals surface area contributed by atoms with E-state index in [1.165, 1.54) is 19.2 Å². The number of pyridine rings is 1. The van der Waals surface area contributed by atoms with Gasteiger partial charge in [-0.25, -0.2) is 4.98 Å². The maximum absolute atomic E-state index is 12.4. The van der Waals surface area contributed by atoms with Crippen molar-refractivity contribution < 1.29 is 29.1 Å². The lowest BCUT2D eigenvalue weighted by molar-refractivity contribution is -0.385. The van der Waals surface area contributed by atoms with Crippen LogP contribution in [0.2, 0.25) is 0 Å². The zero-order valence-corrected chi connectivity index (χ0v) is 16.9. The molecule has 1 N–H and O–H groups in total. The number of nitrogens with zero attached hydrogens (tertiary/aromatic N) is 3. The second kappa shape index (κ2) is 8.88. The highest BCUT2D eigenvalue weighted by molar-refractivity contribution is 8.26. The van der Waals surface area contributed by atoms with E-state index in [1.54, 1.807) is 24.3 Å². The quantitative estimate of drug-likeness (QED) is 0.292. The highest BCUT2D eigenvalue weighted by atomic mass is 32.2. The van der Waals surface area contributed by atoms with Gasteiger partial charge in [-0.15, -0.1) is 0 Å². The summed E-state index contributed by atoms with van der Waals surface area (Å²) < 4.78 is 11.1. The molecular weight excluding hydrogens is 434 g/mol. The van der Waals surface area contributed by atoms with E-state index < -0.39 is 23.3 Å². The van der Waals surface area contributed by atoms with Gasteiger partial charge in [0.25, 0.3) is 11.6 Å². The van der Waals surface area contributed by atoms with Crippen LogP contribution in [-0.2, 0) is 9.59 Å². The van der Waals surface area contributed by atoms with Crippen molar-refractivity contribution in [3.8, 4) is 17.4 Å². The van der Waals surface area contributed by atoms with Crippen LogP contribution in [0.4, 0.5) is 5.69 Å². The van der Waals surface area contributed by atoms with Crippen LogP contribution in [0, 0.1) is 10.1 Å². The van der Waals surface area contributed by atoms with Gasteiger partial charge in [0, 0.05) is 12.1 Å². The van der Waals surface area contributed by atoms with Crippen molar-refractivity contribution in [1.82, 2.24) is 9.88 Å². The summed E-state index contributed by atoms with van der Waals surface area (Å²) in [5.41, 5.74) is 0.441. The van der Waals surface area contributed by atoms with E-state index >= 15 is 0 Å². The van der Waals surface area contributed by atoms with Gasteiger partial charge in [-0.3, -0.25) is 24.6 Å². The zero-order valence-electron chi connectivity index (χ0n) is 15.3. The molecule has 12 heteroatoms. The number of ether oxygens (including phenoxy) is 2. The Hall–Kier alpha value is -3.51. The Labute approximate surface area is 179 Å². The number of hydrogen-bond acceptors (Lipinski definition) is 9. The minimum Gasteiger partial charge on any atom is -0.493 e. The molecule has 154 valence electrons. The first-order chi connectivity index (χ1) is 14.3. The number of amides is 1. The predicted molar refractivity (Wildman–Crippen MR) is 111 cm³/mol. The third-order valence-electron chi connectivity index (χ3n) is 3.80. The molecule has 2 aromatic rings. The molecule has 0 radical (unpaired) electrons. The molecule has 1 aliphatic heterocycles. The number of methoxy groups -OCH3 is 1. The lowest BCUT2D eigenvalue weighted by Crippen LogP contribution is -2.33. The summed E-state index contributed by atoms with van der Waals surface area (Å²) in [5.74, 6) is -0.849. The summed E-state index contributed by atoms with van der Waals surface area (Å²) >= 11 is 6.08. The van der Waals surface area contributed by atoms with Crippen molar-refractivity contribution in [1.29, 1.82) is 0 Å². The molecule has 0 unspecified atom stereocenters. The van der Waals surface area contributed by atoms with E-state index in [-0.39, 0.29) is 20.8 Å². The first kappa shape index (κ1) is 21.2. The highest BCUT2D eigenvalue weighted by Crippen LogP contribution is 2.36. The number of carbonyl (C=O) groups excluding carboxylic acids is 1. The Kier molecular flexibility index (Phi) is 6.28. The van der Waals surface area contributed by atoms with Crippen LogP contribution in [0.5, 0.6) is 17.4 Å². The third kappa shape index (κ3) is 4.72. The SMILES string of the molecule is COc1cc(/C=C2\SC(=S)N(CC(=O)O)C2=O)ccc1Oc1ccc([N+](=O)[O-])cn1. The summed E-state index contributed by atoms with van der Waals surface area (Å²) in [6, 6.07) is 7.49. The highest BCUT2D eigenvalue weighted by Gasteiger charge is 2.33. The summed E-state index contributed by atoms with van der Waals surface area (Å²) in [7, 11) is 1.43. The molecule has 0 atom stereocenters. The summed E-state index contributed by atoms with van der Waals surface area (Å²) in [6.07, 6.45) is 2.65. The van der Waals surface area contributed by atoms with Gasteiger partial charge in [0.05, 0.1) is 16.9 Å². The largest absolute Gasteiger partial charge is 0.493 e. The molecule has 1 saturated heterocycles. The first-order valence-electron chi connectivity index (χ1n) is 8.22. The van der Waals surface area contributed by atoms with Gasteiger partial charge in [-0.05, 0) is 23.8 Å². The molecule has 3 rings (SSSR count). The van der Waals surface area contributed by atoms with Crippen molar-refractivity contribution in [3.05, 3.63) is 57.1 Å². The number of aromatic nitrogens is 1. The standard InChI is InChI=1S/C18H13N3O7S2/c1-27-13-6-10(7-14-17(24)20(9-16(22)23)18(29)30-14)2-4-12(13)28-15-5-3-11(8-19-15)21(25)26/h2-8H,9H2,1H3,(H,22,23)/b14-7-. The number of thioether (sulfide) groups is 1. The van der Waals surface area contributed by atoms with Crippen LogP contribution in [0.15, 0.2) is 41.4 Å². The predicted octanol–water partition coefficient (Wildman–Crippen LogP) is 3.08. The molecule has 0 spiro atoms. The van der Waals surface area contributed by atoms with Crippen LogP contribution in [-0.4, -0.2) is 49.8 Å². The van der Waals surface area contributed by atoms with Gasteiger partial charge in [0.15, 0.2) is 11.5 Å². The number of thiocarbonyl (C=S) groups is 1. The van der Waals surface area contributed by atoms with Gasteiger partial charge in [-0.1, -0.05) is 30.0 Å². The van der Waals surface area contributed by atoms with Gasteiger partial charge in [-0.2, -0.15) is 0 Å². The van der Waals surface area contributed by atoms with E-state index in [4.69, 9.17) is 26.8 Å². The topological polar surface area (TPSA) is 132 Å². The van der Waals surface area contributed by atoms with Crippen LogP contribution in [0.1, 0.15) is 5.56 Å². The second-order valence-corrected chi connectivity index (χ2v) is 7.46. The molecule has 0 aliphatic carbocycles. The Morgan fingerprint density at radius 3 is 2.73 bits per heavy atom. The number of carboxylic acids is 1. The second-order valence-electron chi connectivity index (χ2n) is 5.79. The first-order valence-corrected chi connectivity index (χ1v) is 9.44. The Bertz CT molecular complexity index is 1070. The minimum absolute atomic E-state index is 0.140. The molecule has 2 heterocycles. The summed E-state index contributed by atoms with van der Waals surface area (Å²) in [5, 5.41) is 19.6. The van der Waals surface area contributed by atoms with E-state index in [0.717, 1.165) is 22.9 Å². The molecule has 1 amide bonds. The van der Waals surface area contributed by atoms with Crippen LogP contribution >= 0.6 is 24.0 Å². The molecule has 10 nitrogen and oxygen atoms in total. The van der Waals surface area contributed by atoms with Crippen molar-refractivity contribution in [3.63, 3.8) is 0 Å². The average Bonchev–Trinajstić information content (AvgIpc) is 2.96. The van der Waals surface area contributed by atoms with Crippen molar-refractivity contribution in [2.75, 3.05) is 13.7 Å². The molecule has 30 heavy (non-hydrogen) atoms. The number of carbonyl (C=O) groups is 2. The molecule has 1 fully saturated rings. The molecular formula is C18H13N3O7S2. The molecule has 1 aromatic carbocycles. The van der Waals surface area contributed by atoms with Gasteiger partial charge in [0.2, 0.25) is 5.88 Å². The summed E-state index contributed by atoms with van der Waals surface area (Å²) in [6.45, 7) is -0.500. The normalized spacial score (nSPS) is 14.8. The Balaban J connectivity index is 1.81. The molecule has 0 bridgehead atoms. The van der Waals surface area contributed by atoms with Crippen molar-refractivity contribution in [2.45, 2.75) is 0 Å². The fourth-order valence-corrected chi connectivity index (χ4v) is 3.69. The zero-order chi connectivity index (χ0) is 21.8. The van der Waals surface area contributed by atoms with Crippen LogP contribution in [0.3, 0.4) is 0 Å². The van der Waals surface area contributed by atoms with E-state index in [9.17, 15) is 19.7 Å². The average molecular weight is 447 g/mol. The number of aliphatic carboxylic acids is 1. The van der Waals surface area contributed by atoms with E-state index in [0.29, 0.717) is 17.1 Å². The van der Waals surface area contributed by atoms with E-state index in [2.05, 4.69) is 4.98 Å². The molecule has 1 aromatic heterocycles. The molecule has 1 aliphatic rings. The fraction of sp³-hybridized carbons (Fsp3) is 0.111. The lowest BCUT2D eigenvalue weighted by Gasteiger charge is -2.11. The number of hydrogen-bond donors (Lipinski definition) is 1. The number of carboxylic acid groups (broad SMARTS) is 1. The number of benzene rings is 1. The third-order valence-corrected chi connectivity index (χ3v) is 5.18. The van der Waals surface area contributed by atoms with Gasteiger partial charge < -0.3 is 14.6 Å². The number of rotatable bonds is 7. The maximum atomic E-state index is 12.4. The van der Waals surface area contributed by atoms with Crippen LogP contribution < -0.4 is 9.47 Å². The smallest absolute Gasteiger partial charge is 0.323 e. The van der Waals surface area contributed by atoms with Gasteiger partial charge >= 0.3 is 5.97 Å². The maximum Gasteiger partial charge on any atom is 0.323 e. The Morgan fingerprint density at radius 2 is 2.13 bits per heavy atom.